The Morgan fingerprint density at radius 2 is 0.966 bits per heavy atom. The molecule has 0 aliphatic carbocycles. The molecule has 6 rings (SSSR count). The quantitative estimate of drug-likeness (QED) is 0.0666. The molecule has 0 radical (unpaired) electrons. The minimum absolute atomic E-state index is 0.00577. The van der Waals surface area contributed by atoms with Gasteiger partial charge in [0.2, 0.25) is 11.6 Å². The van der Waals surface area contributed by atoms with Crippen LogP contribution in [0.25, 0.3) is 9.81 Å². The molecule has 2 heterocycles. The van der Waals surface area contributed by atoms with Gasteiger partial charge in [-0.3, -0.25) is 9.59 Å². The van der Waals surface area contributed by atoms with Gasteiger partial charge in [-0.05, 0) is 83.0 Å². The first kappa shape index (κ1) is 44.5. The first-order chi connectivity index (χ1) is 27.7. The number of allylic oxidation sites excluding steroid dienone is 4. The van der Waals surface area contributed by atoms with Gasteiger partial charge in [0.1, 0.15) is 21.5 Å². The van der Waals surface area contributed by atoms with Crippen molar-refractivity contribution in [2.24, 2.45) is 0 Å². The lowest BCUT2D eigenvalue weighted by molar-refractivity contribution is -0.140. The fourth-order valence-electron chi connectivity index (χ4n) is 5.21. The minimum atomic E-state index is -1.22. The summed E-state index contributed by atoms with van der Waals surface area (Å²) in [6, 6.07) is 21.5. The van der Waals surface area contributed by atoms with Crippen LogP contribution in [0.1, 0.15) is 43.0 Å². The summed E-state index contributed by atoms with van der Waals surface area (Å²) >= 11 is 26.4. The van der Waals surface area contributed by atoms with Crippen LogP contribution in [0.2, 0.25) is 20.1 Å². The van der Waals surface area contributed by atoms with E-state index in [2.05, 4.69) is 0 Å². The van der Waals surface area contributed by atoms with E-state index in [0.29, 0.717) is 9.81 Å². The smallest absolute Gasteiger partial charge is 0.341 e. The number of rotatable bonds is 15. The zero-order valence-electron chi connectivity index (χ0n) is 29.8. The fraction of sp³-hybridized carbons (Fsp3) is 0.100. The number of hydrogen-bond acceptors (Lipinski definition) is 12. The van der Waals surface area contributed by atoms with E-state index < -0.39 is 36.7 Å². The van der Waals surface area contributed by atoms with E-state index in [4.69, 9.17) is 66.1 Å². The number of halogens is 4. The van der Waals surface area contributed by atoms with Crippen LogP contribution in [0, 0.1) is 13.8 Å². The number of carboxylic acids is 2. The van der Waals surface area contributed by atoms with E-state index in [-0.39, 0.29) is 52.5 Å². The molecule has 4 aromatic rings. The topological polar surface area (TPSA) is 127 Å². The largest absolute Gasteiger partial charge is 0.480 e. The number of aliphatic carboxylic acids is 2. The zero-order chi connectivity index (χ0) is 41.7. The Morgan fingerprint density at radius 3 is 1.33 bits per heavy atom. The molecule has 0 saturated carbocycles. The van der Waals surface area contributed by atoms with Crippen molar-refractivity contribution in [2.75, 3.05) is 13.2 Å². The molecule has 8 nitrogen and oxygen atoms in total. The van der Waals surface area contributed by atoms with Crippen LogP contribution in [0.15, 0.2) is 105 Å². The molecule has 0 aromatic heterocycles. The fourth-order valence-corrected chi connectivity index (χ4v) is 14.3. The number of ketones is 2. The number of benzene rings is 4. The van der Waals surface area contributed by atoms with Crippen LogP contribution in [0.4, 0.5) is 0 Å². The van der Waals surface area contributed by atoms with E-state index in [9.17, 15) is 19.2 Å². The zero-order valence-corrected chi connectivity index (χ0v) is 37.7. The molecule has 0 bridgehead atoms. The summed E-state index contributed by atoms with van der Waals surface area (Å²) in [7, 11) is 7.82. The van der Waals surface area contributed by atoms with Crippen molar-refractivity contribution < 1.29 is 38.9 Å². The van der Waals surface area contributed by atoms with E-state index in [1.54, 1.807) is 0 Å². The second-order valence-electron chi connectivity index (χ2n) is 12.1. The number of carbonyl (C=O) groups excluding carboxylic acids is 2. The van der Waals surface area contributed by atoms with Crippen LogP contribution in [-0.2, 0) is 9.59 Å². The van der Waals surface area contributed by atoms with Gasteiger partial charge in [0, 0.05) is 30.7 Å². The Bertz CT molecular complexity index is 2330. The summed E-state index contributed by atoms with van der Waals surface area (Å²) in [5, 5.41) is 17.7. The lowest BCUT2D eigenvalue weighted by Crippen LogP contribution is -2.10. The SMILES string of the molecule is Cc1cccc(C2=C/C(=C(\SS/C(C(=O)c3ccc(OCC(=O)O)c(Cl)c3Cl)=C3\C=C(c4cccc(C)c4)SS3)C(=O)c3ccc(OCC(=O)O)c(Cl)c3Cl)SS2)c1. The van der Waals surface area contributed by atoms with Gasteiger partial charge in [0.25, 0.3) is 0 Å². The molecule has 0 saturated heterocycles. The highest BCUT2D eigenvalue weighted by Crippen LogP contribution is 2.57. The van der Waals surface area contributed by atoms with E-state index in [0.717, 1.165) is 53.7 Å². The van der Waals surface area contributed by atoms with Gasteiger partial charge < -0.3 is 19.7 Å². The summed E-state index contributed by atoms with van der Waals surface area (Å²) in [4.78, 5) is 55.1. The summed E-state index contributed by atoms with van der Waals surface area (Å²) in [6.07, 6.45) is 3.81. The maximum Gasteiger partial charge on any atom is 0.341 e. The first-order valence-corrected chi connectivity index (χ1v) is 24.5. The Hall–Kier alpha value is -3.02. The van der Waals surface area contributed by atoms with E-state index in [1.165, 1.54) is 67.4 Å². The summed E-state index contributed by atoms with van der Waals surface area (Å²) in [6.45, 7) is 2.65. The number of ether oxygens (including phenoxy) is 2. The van der Waals surface area contributed by atoms with Crippen molar-refractivity contribution in [3.8, 4) is 11.5 Å². The highest BCUT2D eigenvalue weighted by molar-refractivity contribution is 8.83. The maximum atomic E-state index is 14.6. The minimum Gasteiger partial charge on any atom is -0.480 e. The molecule has 0 spiro atoms. The molecular weight excluding hydrogens is 943 g/mol. The van der Waals surface area contributed by atoms with Gasteiger partial charge in [0.15, 0.2) is 13.2 Å². The van der Waals surface area contributed by atoms with Crippen molar-refractivity contribution in [2.45, 2.75) is 13.8 Å². The van der Waals surface area contributed by atoms with Crippen molar-refractivity contribution >= 4 is 144 Å². The van der Waals surface area contributed by atoms with Crippen LogP contribution < -0.4 is 9.47 Å². The second-order valence-corrected chi connectivity index (χ2v) is 20.2. The molecule has 58 heavy (non-hydrogen) atoms. The number of carboxylic acid groups (broad SMARTS) is 2. The predicted octanol–water partition coefficient (Wildman–Crippen LogP) is 13.6. The molecule has 18 heteroatoms. The molecule has 2 N–H and O–H groups in total. The van der Waals surface area contributed by atoms with Gasteiger partial charge in [-0.25, -0.2) is 9.59 Å². The highest BCUT2D eigenvalue weighted by atomic mass is 35.5. The van der Waals surface area contributed by atoms with Crippen LogP contribution in [0.3, 0.4) is 0 Å². The van der Waals surface area contributed by atoms with Crippen LogP contribution in [-0.4, -0.2) is 46.9 Å². The molecule has 298 valence electrons. The molecule has 4 aromatic carbocycles. The number of aryl methyl sites for hydroxylation is 2. The second kappa shape index (κ2) is 20.0. The van der Waals surface area contributed by atoms with Crippen molar-refractivity contribution in [1.82, 2.24) is 0 Å². The molecule has 0 amide bonds. The van der Waals surface area contributed by atoms with E-state index >= 15 is 0 Å². The molecular formula is C40H26Cl4O8S6. The third-order valence-corrected chi connectivity index (χ3v) is 17.3. The normalized spacial score (nSPS) is 15.4. The average molecular weight is 969 g/mol. The average Bonchev–Trinajstić information content (AvgIpc) is 3.89. The lowest BCUT2D eigenvalue weighted by Gasteiger charge is -2.15. The van der Waals surface area contributed by atoms with Gasteiger partial charge in [-0.1, -0.05) is 149 Å². The van der Waals surface area contributed by atoms with Gasteiger partial charge in [0.05, 0.1) is 19.9 Å². The van der Waals surface area contributed by atoms with Gasteiger partial charge in [-0.15, -0.1) is 0 Å². The monoisotopic (exact) mass is 966 g/mol. The van der Waals surface area contributed by atoms with Crippen LogP contribution in [0.5, 0.6) is 11.5 Å². The number of carbonyl (C=O) groups is 4. The maximum absolute atomic E-state index is 14.6. The molecule has 2 aliphatic heterocycles. The number of hydrogen-bond donors (Lipinski definition) is 2. The molecule has 0 fully saturated rings. The molecule has 0 atom stereocenters. The van der Waals surface area contributed by atoms with E-state index in [1.807, 2.05) is 74.5 Å². The lowest BCUT2D eigenvalue weighted by atomic mass is 10.1. The summed E-state index contributed by atoms with van der Waals surface area (Å²) in [5.74, 6) is -3.44. The van der Waals surface area contributed by atoms with Crippen molar-refractivity contribution in [3.63, 3.8) is 0 Å². The summed E-state index contributed by atoms with van der Waals surface area (Å²) in [5.41, 5.74) is 4.13. The van der Waals surface area contributed by atoms with Crippen molar-refractivity contribution in [1.29, 1.82) is 0 Å². The standard InChI is InChI=1S/C40H26Cl4O8S6/c1-19-5-3-7-21(13-19)27-15-29(55-53-27)39(37(49)23-9-11-25(35(43)33(23)41)51-17-31(45)46)57-58-40(30-16-28(54-56-30)22-8-4-6-20(2)14-22)38(50)24-10-12-26(36(44)34(24)42)52-18-32(47)48/h3-16H,17-18H2,1-2H3,(H,45,46)(H,47,48)/b39-29+,40-30+. The third kappa shape index (κ3) is 10.6. The predicted molar refractivity (Wildman–Crippen MR) is 246 cm³/mol. The molecule has 2 aliphatic rings. The molecule has 0 unspecified atom stereocenters. The van der Waals surface area contributed by atoms with Crippen LogP contribution >= 0.6 is 111 Å². The van der Waals surface area contributed by atoms with Gasteiger partial charge >= 0.3 is 11.9 Å². The first-order valence-electron chi connectivity index (χ1n) is 16.6. The number of Topliss-reactive ketones (excluding diaryl/α,β-unsaturated/α-hetero) is 2. The highest BCUT2D eigenvalue weighted by Gasteiger charge is 2.31. The Kier molecular flexibility index (Phi) is 15.4. The summed E-state index contributed by atoms with van der Waals surface area (Å²) < 4.78 is 10.5. The van der Waals surface area contributed by atoms with Crippen molar-refractivity contribution in [3.05, 3.63) is 158 Å². The Balaban J connectivity index is 1.44. The van der Waals surface area contributed by atoms with Gasteiger partial charge in [-0.2, -0.15) is 0 Å². The Labute approximate surface area is 376 Å². The Morgan fingerprint density at radius 1 is 0.569 bits per heavy atom. The third-order valence-electron chi connectivity index (χ3n) is 7.93.